The van der Waals surface area contributed by atoms with E-state index in [1.807, 2.05) is 30.3 Å². The Morgan fingerprint density at radius 3 is 2.61 bits per heavy atom. The van der Waals surface area contributed by atoms with Crippen molar-refractivity contribution in [1.82, 2.24) is 4.57 Å². The normalized spacial score (nSPS) is 12.4. The van der Waals surface area contributed by atoms with Crippen LogP contribution in [0.25, 0.3) is 22.2 Å². The predicted molar refractivity (Wildman–Crippen MR) is 94.4 cm³/mol. The molecule has 0 spiro atoms. The average molecular weight is 307 g/mol. The fraction of sp³-hybridized carbons (Fsp3) is 0.200. The van der Waals surface area contributed by atoms with Crippen LogP contribution in [0.5, 0.6) is 0 Å². The van der Waals surface area contributed by atoms with Gasteiger partial charge in [0.1, 0.15) is 0 Å². The number of hydrogen-bond donors (Lipinski definition) is 1. The lowest BCUT2D eigenvalue weighted by Gasteiger charge is -2.16. The highest BCUT2D eigenvalue weighted by Gasteiger charge is 2.14. The van der Waals surface area contributed by atoms with E-state index >= 15 is 0 Å². The summed E-state index contributed by atoms with van der Waals surface area (Å²) in [5.74, 6) is 0. The highest BCUT2D eigenvalue weighted by molar-refractivity contribution is 5.87. The van der Waals surface area contributed by atoms with Crippen molar-refractivity contribution < 1.29 is 9.84 Å². The molecule has 3 heteroatoms. The second kappa shape index (κ2) is 7.27. The summed E-state index contributed by atoms with van der Waals surface area (Å²) in [5, 5.41) is 11.5. The molecule has 0 saturated heterocycles. The molecule has 1 N–H and O–H groups in total. The SMILES string of the molecule is C=CCOCC(O)Cn1c(-c2ccccc2)cc2ccccc21. The molecule has 1 unspecified atom stereocenters. The Kier molecular flexibility index (Phi) is 4.91. The van der Waals surface area contributed by atoms with Crippen LogP contribution in [0.4, 0.5) is 0 Å². The molecule has 0 amide bonds. The molecule has 1 heterocycles. The van der Waals surface area contributed by atoms with Crippen molar-refractivity contribution in [2.24, 2.45) is 0 Å². The number of benzene rings is 2. The molecular weight excluding hydrogens is 286 g/mol. The zero-order chi connectivity index (χ0) is 16.1. The van der Waals surface area contributed by atoms with Crippen molar-refractivity contribution in [3.8, 4) is 11.3 Å². The van der Waals surface area contributed by atoms with Crippen LogP contribution in [0, 0.1) is 0 Å². The number of rotatable bonds is 7. The molecule has 3 aromatic rings. The lowest BCUT2D eigenvalue weighted by molar-refractivity contribution is 0.0406. The first-order valence-corrected chi connectivity index (χ1v) is 7.80. The molecule has 3 nitrogen and oxygen atoms in total. The summed E-state index contributed by atoms with van der Waals surface area (Å²) >= 11 is 0. The maximum Gasteiger partial charge on any atom is 0.0952 e. The van der Waals surface area contributed by atoms with Crippen LogP contribution in [0.2, 0.25) is 0 Å². The van der Waals surface area contributed by atoms with Gasteiger partial charge in [0.15, 0.2) is 0 Å². The molecule has 0 aliphatic carbocycles. The Morgan fingerprint density at radius 1 is 1.09 bits per heavy atom. The molecule has 0 aliphatic heterocycles. The van der Waals surface area contributed by atoms with E-state index in [2.05, 4.69) is 41.5 Å². The summed E-state index contributed by atoms with van der Waals surface area (Å²) in [5.41, 5.74) is 3.37. The number of aromatic nitrogens is 1. The molecule has 1 aromatic heterocycles. The van der Waals surface area contributed by atoms with Gasteiger partial charge in [-0.05, 0) is 17.7 Å². The molecule has 0 saturated carbocycles. The predicted octanol–water partition coefficient (Wildman–Crippen LogP) is 3.87. The van der Waals surface area contributed by atoms with Crippen LogP contribution in [0.3, 0.4) is 0 Å². The Hall–Kier alpha value is -2.36. The standard InChI is InChI=1S/C20H21NO2/c1-2-12-23-15-18(22)14-21-19-11-7-6-10-17(19)13-20(21)16-8-4-3-5-9-16/h2-11,13,18,22H,1,12,14-15H2. The van der Waals surface area contributed by atoms with Crippen LogP contribution in [0.1, 0.15) is 0 Å². The first-order chi connectivity index (χ1) is 11.3. The lowest BCUT2D eigenvalue weighted by Crippen LogP contribution is -2.22. The highest BCUT2D eigenvalue weighted by Crippen LogP contribution is 2.28. The molecular formula is C20H21NO2. The Balaban J connectivity index is 1.95. The molecule has 23 heavy (non-hydrogen) atoms. The third-order valence-corrected chi connectivity index (χ3v) is 3.82. The number of nitrogens with zero attached hydrogens (tertiary/aromatic N) is 1. The third-order valence-electron chi connectivity index (χ3n) is 3.82. The summed E-state index contributed by atoms with van der Waals surface area (Å²) in [6.07, 6.45) is 1.13. The van der Waals surface area contributed by atoms with E-state index < -0.39 is 6.10 Å². The van der Waals surface area contributed by atoms with E-state index in [1.54, 1.807) is 6.08 Å². The second-order valence-electron chi connectivity index (χ2n) is 5.54. The zero-order valence-corrected chi connectivity index (χ0v) is 13.1. The monoisotopic (exact) mass is 307 g/mol. The minimum absolute atomic E-state index is 0.298. The van der Waals surface area contributed by atoms with Crippen molar-refractivity contribution in [3.63, 3.8) is 0 Å². The summed E-state index contributed by atoms with van der Waals surface area (Å²) in [6, 6.07) is 20.6. The lowest BCUT2D eigenvalue weighted by atomic mass is 10.1. The zero-order valence-electron chi connectivity index (χ0n) is 13.1. The number of hydrogen-bond acceptors (Lipinski definition) is 2. The van der Waals surface area contributed by atoms with Gasteiger partial charge in [-0.15, -0.1) is 6.58 Å². The van der Waals surface area contributed by atoms with Gasteiger partial charge in [0.25, 0.3) is 0 Å². The van der Waals surface area contributed by atoms with Gasteiger partial charge in [-0.2, -0.15) is 0 Å². The van der Waals surface area contributed by atoms with Crippen molar-refractivity contribution >= 4 is 10.9 Å². The van der Waals surface area contributed by atoms with Gasteiger partial charge in [-0.25, -0.2) is 0 Å². The molecule has 0 fully saturated rings. The average Bonchev–Trinajstić information content (AvgIpc) is 2.95. The van der Waals surface area contributed by atoms with Crippen molar-refractivity contribution in [2.75, 3.05) is 13.2 Å². The summed E-state index contributed by atoms with van der Waals surface area (Å²) in [7, 11) is 0. The van der Waals surface area contributed by atoms with Gasteiger partial charge in [0, 0.05) is 16.6 Å². The van der Waals surface area contributed by atoms with E-state index in [1.165, 1.54) is 5.39 Å². The summed E-state index contributed by atoms with van der Waals surface area (Å²) in [6.45, 7) is 4.86. The Bertz CT molecular complexity index is 777. The smallest absolute Gasteiger partial charge is 0.0952 e. The quantitative estimate of drug-likeness (QED) is 0.531. The second-order valence-corrected chi connectivity index (χ2v) is 5.54. The van der Waals surface area contributed by atoms with Gasteiger partial charge in [0.2, 0.25) is 0 Å². The molecule has 3 rings (SSSR count). The third kappa shape index (κ3) is 3.52. The number of aliphatic hydroxyl groups is 1. The van der Waals surface area contributed by atoms with Gasteiger partial charge in [-0.3, -0.25) is 0 Å². The minimum Gasteiger partial charge on any atom is -0.389 e. The minimum atomic E-state index is -0.562. The maximum atomic E-state index is 10.3. The van der Waals surface area contributed by atoms with E-state index in [0.29, 0.717) is 19.8 Å². The van der Waals surface area contributed by atoms with Gasteiger partial charge >= 0.3 is 0 Å². The molecule has 118 valence electrons. The number of aliphatic hydroxyl groups excluding tert-OH is 1. The van der Waals surface area contributed by atoms with E-state index in [4.69, 9.17) is 4.74 Å². The van der Waals surface area contributed by atoms with Crippen molar-refractivity contribution in [1.29, 1.82) is 0 Å². The van der Waals surface area contributed by atoms with Crippen LogP contribution in [0.15, 0.2) is 73.3 Å². The van der Waals surface area contributed by atoms with Crippen LogP contribution in [-0.2, 0) is 11.3 Å². The van der Waals surface area contributed by atoms with Crippen LogP contribution < -0.4 is 0 Å². The summed E-state index contributed by atoms with van der Waals surface area (Å²) in [4.78, 5) is 0. The molecule has 0 bridgehead atoms. The van der Waals surface area contributed by atoms with Crippen molar-refractivity contribution in [3.05, 3.63) is 73.3 Å². The Morgan fingerprint density at radius 2 is 1.83 bits per heavy atom. The van der Waals surface area contributed by atoms with E-state index in [9.17, 15) is 5.11 Å². The number of ether oxygens (including phenoxy) is 1. The fourth-order valence-corrected chi connectivity index (χ4v) is 2.81. The molecule has 0 radical (unpaired) electrons. The van der Waals surface area contributed by atoms with Gasteiger partial charge in [0.05, 0.1) is 25.9 Å². The fourth-order valence-electron chi connectivity index (χ4n) is 2.81. The van der Waals surface area contributed by atoms with E-state index in [-0.39, 0.29) is 0 Å². The first-order valence-electron chi connectivity index (χ1n) is 7.80. The maximum absolute atomic E-state index is 10.3. The number of para-hydroxylation sites is 1. The largest absolute Gasteiger partial charge is 0.389 e. The summed E-state index contributed by atoms with van der Waals surface area (Å²) < 4.78 is 7.53. The van der Waals surface area contributed by atoms with Gasteiger partial charge in [-0.1, -0.05) is 54.6 Å². The Labute approximate surface area is 136 Å². The number of fused-ring (bicyclic) bond motifs is 1. The molecule has 2 aromatic carbocycles. The highest BCUT2D eigenvalue weighted by atomic mass is 16.5. The first kappa shape index (κ1) is 15.5. The van der Waals surface area contributed by atoms with Crippen molar-refractivity contribution in [2.45, 2.75) is 12.6 Å². The molecule has 1 atom stereocenters. The topological polar surface area (TPSA) is 34.4 Å². The molecule has 0 aliphatic rings. The van der Waals surface area contributed by atoms with E-state index in [0.717, 1.165) is 16.8 Å². The van der Waals surface area contributed by atoms with Gasteiger partial charge < -0.3 is 14.4 Å². The van der Waals surface area contributed by atoms with Crippen LogP contribution in [-0.4, -0.2) is 29.0 Å². The van der Waals surface area contributed by atoms with Crippen LogP contribution >= 0.6 is 0 Å².